The molecular formula is C31H44N4O7. The fourth-order valence-electron chi connectivity index (χ4n) is 8.26. The Labute approximate surface area is 246 Å². The molecule has 3 fully saturated rings. The Kier molecular flexibility index (Phi) is 8.25. The van der Waals surface area contributed by atoms with E-state index in [1.54, 1.807) is 19.0 Å². The number of nitrogens with zero attached hydrogens (tertiary/aromatic N) is 2. The number of fused-ring (bicyclic) bond motifs is 3. The Bertz CT molecular complexity index is 1290. The van der Waals surface area contributed by atoms with Gasteiger partial charge in [-0.2, -0.15) is 0 Å². The first-order valence-corrected chi connectivity index (χ1v) is 15.0. The van der Waals surface area contributed by atoms with E-state index in [9.17, 15) is 34.5 Å². The van der Waals surface area contributed by atoms with E-state index in [0.717, 1.165) is 12.2 Å². The molecule has 4 unspecified atom stereocenters. The maximum absolute atomic E-state index is 14.2. The molecule has 11 heteroatoms. The predicted octanol–water partition coefficient (Wildman–Crippen LogP) is 0.395. The highest BCUT2D eigenvalue weighted by Gasteiger charge is 2.69. The molecule has 4 aliphatic carbocycles. The van der Waals surface area contributed by atoms with Crippen LogP contribution in [0.3, 0.4) is 0 Å². The maximum Gasteiger partial charge on any atom is 0.230 e. The molecule has 0 heterocycles. The number of primary amides is 1. The van der Waals surface area contributed by atoms with Gasteiger partial charge in [0.2, 0.25) is 5.91 Å². The van der Waals surface area contributed by atoms with Gasteiger partial charge < -0.3 is 36.2 Å². The number of aliphatic hydroxyl groups is 2. The van der Waals surface area contributed by atoms with E-state index in [-0.39, 0.29) is 24.2 Å². The highest BCUT2D eigenvalue weighted by atomic mass is 16.3. The third-order valence-electron chi connectivity index (χ3n) is 10.3. The molecule has 6 N–H and O–H groups in total. The number of benzene rings is 1. The summed E-state index contributed by atoms with van der Waals surface area (Å²) < 4.78 is 0. The van der Waals surface area contributed by atoms with Crippen LogP contribution in [0.1, 0.15) is 60.0 Å². The van der Waals surface area contributed by atoms with Gasteiger partial charge in [0.25, 0.3) is 0 Å². The minimum absolute atomic E-state index is 0.0474. The minimum Gasteiger partial charge on any atom is -0.507 e. The molecular weight excluding hydrogens is 540 g/mol. The molecule has 4 aliphatic rings. The summed E-state index contributed by atoms with van der Waals surface area (Å²) in [4.78, 5) is 57.5. The lowest BCUT2D eigenvalue weighted by atomic mass is 9.52. The second kappa shape index (κ2) is 11.3. The molecule has 230 valence electrons. The average molecular weight is 585 g/mol. The van der Waals surface area contributed by atoms with Crippen molar-refractivity contribution in [2.24, 2.45) is 35.3 Å². The van der Waals surface area contributed by atoms with E-state index in [1.807, 2.05) is 25.1 Å². The molecule has 0 bridgehead atoms. The number of likely N-dealkylation sites (N-methyl/N-ethyl adjacent to an activating group) is 1. The van der Waals surface area contributed by atoms with Gasteiger partial charge in [0.15, 0.2) is 23.0 Å². The fraction of sp³-hybridized carbons (Fsp3) is 0.677. The van der Waals surface area contributed by atoms with Gasteiger partial charge in [-0.1, -0.05) is 19.3 Å². The highest BCUT2D eigenvalue weighted by molar-refractivity contribution is 6.25. The number of nitrogens with one attached hydrogen (secondary N) is 1. The van der Waals surface area contributed by atoms with Gasteiger partial charge in [-0.05, 0) is 69.8 Å². The number of ketones is 3. The molecule has 11 nitrogen and oxygen atoms in total. The molecule has 0 spiro atoms. The molecule has 5 rings (SSSR count). The summed E-state index contributed by atoms with van der Waals surface area (Å²) in [6.07, 6.45) is 4.88. The van der Waals surface area contributed by atoms with Crippen molar-refractivity contribution in [3.63, 3.8) is 0 Å². The standard InChI is InChI=1S/C31H44N4O7/c1-34(2)20-12-17(14-33-13-15-8-6-5-7-9-15)25(36)22-18(20)10-16-11-19-24(35(3)4)27(38)23(30(32)41)29(40)31(19,42)28(39)21(16)26(22)37/h12,15-16,19,21,23-24,27,33,36,38,42H,5-11,13-14H2,1-4H3,(H2,32,41)/t16-,19-,21?,23?,24?,27?,31-/m1/s1. The first-order valence-electron chi connectivity index (χ1n) is 15.0. The van der Waals surface area contributed by atoms with Crippen molar-refractivity contribution >= 4 is 28.9 Å². The summed E-state index contributed by atoms with van der Waals surface area (Å²) in [6, 6.07) is 0.955. The Morgan fingerprint density at radius 1 is 1.10 bits per heavy atom. The third kappa shape index (κ3) is 4.74. The maximum atomic E-state index is 14.2. The van der Waals surface area contributed by atoms with Crippen molar-refractivity contribution in [3.05, 3.63) is 22.8 Å². The molecule has 42 heavy (non-hydrogen) atoms. The molecule has 0 radical (unpaired) electrons. The van der Waals surface area contributed by atoms with Gasteiger partial charge in [0.1, 0.15) is 11.7 Å². The Balaban J connectivity index is 1.53. The molecule has 0 aliphatic heterocycles. The van der Waals surface area contributed by atoms with E-state index >= 15 is 0 Å². The van der Waals surface area contributed by atoms with Gasteiger partial charge in [0, 0.05) is 43.9 Å². The number of carbonyl (C=O) groups is 4. The van der Waals surface area contributed by atoms with Gasteiger partial charge in [-0.3, -0.25) is 19.2 Å². The van der Waals surface area contributed by atoms with Crippen LogP contribution in [0.4, 0.5) is 5.69 Å². The van der Waals surface area contributed by atoms with E-state index < -0.39 is 64.7 Å². The van der Waals surface area contributed by atoms with Crippen LogP contribution in [0.25, 0.3) is 0 Å². The number of hydrogen-bond donors (Lipinski definition) is 5. The normalized spacial score (nSPS) is 33.3. The van der Waals surface area contributed by atoms with Gasteiger partial charge in [-0.25, -0.2) is 0 Å². The van der Waals surface area contributed by atoms with E-state index in [4.69, 9.17) is 5.73 Å². The Morgan fingerprint density at radius 2 is 1.76 bits per heavy atom. The molecule has 1 aromatic carbocycles. The van der Waals surface area contributed by atoms with E-state index in [2.05, 4.69) is 5.32 Å². The number of anilines is 1. The monoisotopic (exact) mass is 584 g/mol. The molecule has 0 saturated heterocycles. The number of aromatic hydroxyl groups is 1. The second-order valence-corrected chi connectivity index (χ2v) is 13.3. The van der Waals surface area contributed by atoms with Crippen LogP contribution in [-0.4, -0.2) is 96.0 Å². The molecule has 1 amide bonds. The average Bonchev–Trinajstić information content (AvgIpc) is 2.92. The van der Waals surface area contributed by atoms with Crippen molar-refractivity contribution < 1.29 is 34.5 Å². The number of amides is 1. The van der Waals surface area contributed by atoms with Crippen molar-refractivity contribution in [1.82, 2.24) is 10.2 Å². The SMILES string of the molecule is CN(C)c1cc(CNCC2CCCCC2)c(O)c2c1C[C@@H]1C[C@@H]3C(N(C)C)C(O)C(C(N)=O)C(=O)[C@]3(O)C(=O)C1C2=O. The molecule has 1 aromatic rings. The Morgan fingerprint density at radius 3 is 2.36 bits per heavy atom. The number of aliphatic hydroxyl groups excluding tert-OH is 1. The zero-order chi connectivity index (χ0) is 30.7. The number of hydrogen-bond acceptors (Lipinski definition) is 10. The lowest BCUT2D eigenvalue weighted by Crippen LogP contribution is -2.75. The van der Waals surface area contributed by atoms with Crippen molar-refractivity contribution in [2.45, 2.75) is 69.2 Å². The first kappa shape index (κ1) is 30.6. The zero-order valence-corrected chi connectivity index (χ0v) is 24.9. The largest absolute Gasteiger partial charge is 0.507 e. The van der Waals surface area contributed by atoms with Gasteiger partial charge >= 0.3 is 0 Å². The number of phenols is 1. The second-order valence-electron chi connectivity index (χ2n) is 13.3. The number of Topliss-reactive ketones (excluding diaryl/α,β-unsaturated/α-hetero) is 3. The van der Waals surface area contributed by atoms with Crippen molar-refractivity contribution in [3.8, 4) is 5.75 Å². The van der Waals surface area contributed by atoms with Crippen LogP contribution in [0.5, 0.6) is 5.75 Å². The van der Waals surface area contributed by atoms with Crippen LogP contribution >= 0.6 is 0 Å². The van der Waals surface area contributed by atoms with Gasteiger partial charge in [-0.15, -0.1) is 0 Å². The lowest BCUT2D eigenvalue weighted by Gasteiger charge is -2.55. The van der Waals surface area contributed by atoms with Crippen LogP contribution in [0.15, 0.2) is 6.07 Å². The summed E-state index contributed by atoms with van der Waals surface area (Å²) in [5, 5.41) is 37.7. The van der Waals surface area contributed by atoms with Crippen molar-refractivity contribution in [1.29, 1.82) is 0 Å². The number of phenolic OH excluding ortho intramolecular Hbond substituents is 1. The predicted molar refractivity (Wildman–Crippen MR) is 155 cm³/mol. The molecule has 0 aromatic heterocycles. The van der Waals surface area contributed by atoms with Crippen LogP contribution < -0.4 is 16.0 Å². The number of rotatable bonds is 7. The molecule has 7 atom stereocenters. The smallest absolute Gasteiger partial charge is 0.230 e. The summed E-state index contributed by atoms with van der Waals surface area (Å²) in [7, 11) is 6.98. The van der Waals surface area contributed by atoms with Crippen molar-refractivity contribution in [2.75, 3.05) is 39.6 Å². The minimum atomic E-state index is -2.67. The highest BCUT2D eigenvalue weighted by Crippen LogP contribution is 2.52. The van der Waals surface area contributed by atoms with E-state index in [1.165, 1.54) is 32.1 Å². The quantitative estimate of drug-likeness (QED) is 0.282. The van der Waals surface area contributed by atoms with Crippen LogP contribution in [-0.2, 0) is 27.3 Å². The summed E-state index contributed by atoms with van der Waals surface area (Å²) in [6.45, 7) is 1.15. The fourth-order valence-corrected chi connectivity index (χ4v) is 8.26. The van der Waals surface area contributed by atoms with Crippen LogP contribution in [0, 0.1) is 29.6 Å². The summed E-state index contributed by atoms with van der Waals surface area (Å²) in [5.41, 5.74) is 4.76. The zero-order valence-electron chi connectivity index (χ0n) is 24.9. The third-order valence-corrected chi connectivity index (χ3v) is 10.3. The van der Waals surface area contributed by atoms with E-state index in [0.29, 0.717) is 23.6 Å². The number of carbonyl (C=O) groups excluding carboxylic acids is 4. The van der Waals surface area contributed by atoms with Gasteiger partial charge in [0.05, 0.1) is 17.6 Å². The summed E-state index contributed by atoms with van der Waals surface area (Å²) >= 11 is 0. The Hall–Kier alpha value is -2.86. The number of nitrogens with two attached hydrogens (primary N) is 1. The molecule has 3 saturated carbocycles. The van der Waals surface area contributed by atoms with Crippen LogP contribution in [0.2, 0.25) is 0 Å². The lowest BCUT2D eigenvalue weighted by molar-refractivity contribution is -0.190. The topological polar surface area (TPSA) is 173 Å². The first-order chi connectivity index (χ1) is 19.8. The summed E-state index contributed by atoms with van der Waals surface area (Å²) in [5.74, 6) is -8.32.